The number of rotatable bonds is 11. The molecule has 0 aliphatic rings. The average molecular weight is 401 g/mol. The fraction of sp³-hybridized carbons (Fsp3) is 0.364. The van der Waals surface area contributed by atoms with Gasteiger partial charge in [-0.25, -0.2) is 9.59 Å². The summed E-state index contributed by atoms with van der Waals surface area (Å²) in [6, 6.07) is 17.7. The summed E-state index contributed by atoms with van der Waals surface area (Å²) < 4.78 is 15.9. The van der Waals surface area contributed by atoms with Gasteiger partial charge in [0.1, 0.15) is 6.61 Å². The molecule has 0 aromatic heterocycles. The van der Waals surface area contributed by atoms with Gasteiger partial charge in [0.2, 0.25) is 0 Å². The third-order valence-electron chi connectivity index (χ3n) is 4.12. The van der Waals surface area contributed by atoms with Crippen molar-refractivity contribution < 1.29 is 28.9 Å². The molecule has 0 aliphatic heterocycles. The molecule has 0 saturated carbocycles. The van der Waals surface area contributed by atoms with Crippen LogP contribution in [0, 0.1) is 0 Å². The maximum absolute atomic E-state index is 12.1. The van der Waals surface area contributed by atoms with Crippen molar-refractivity contribution in [2.45, 2.75) is 38.7 Å². The first-order chi connectivity index (χ1) is 14.1. The minimum absolute atomic E-state index is 0.0656. The van der Waals surface area contributed by atoms with Crippen molar-refractivity contribution >= 4 is 12.1 Å². The van der Waals surface area contributed by atoms with Crippen LogP contribution >= 0.6 is 0 Å². The quantitative estimate of drug-likeness (QED) is 0.563. The lowest BCUT2D eigenvalue weighted by Crippen LogP contribution is -2.44. The van der Waals surface area contributed by atoms with Crippen LogP contribution in [0.1, 0.15) is 24.5 Å². The normalized spacial score (nSPS) is 12.6. The Kier molecular flexibility index (Phi) is 9.68. The highest BCUT2D eigenvalue weighted by Gasteiger charge is 2.22. The zero-order valence-corrected chi connectivity index (χ0v) is 16.5. The molecule has 29 heavy (non-hydrogen) atoms. The standard InChI is InChI=1S/C22H27NO6/c1-17(28-15-18-8-4-2-5-9-18)12-13-27-21(25)20(14-24)23-22(26)29-16-19-10-6-3-7-11-19/h2-11,17,20,24H,12-16H2,1H3,(H,23,26)/t17-,20-/m0/s1. The Balaban J connectivity index is 1.64. The number of benzene rings is 2. The Morgan fingerprint density at radius 2 is 1.52 bits per heavy atom. The summed E-state index contributed by atoms with van der Waals surface area (Å²) in [4.78, 5) is 23.9. The smallest absolute Gasteiger partial charge is 0.408 e. The van der Waals surface area contributed by atoms with E-state index in [2.05, 4.69) is 5.32 Å². The number of carbonyl (C=O) groups is 2. The Labute approximate surface area is 170 Å². The molecular weight excluding hydrogens is 374 g/mol. The first-order valence-corrected chi connectivity index (χ1v) is 9.48. The number of carbonyl (C=O) groups excluding carboxylic acids is 2. The second kappa shape index (κ2) is 12.5. The lowest BCUT2D eigenvalue weighted by atomic mass is 10.2. The number of nitrogens with one attached hydrogen (secondary N) is 1. The predicted octanol–water partition coefficient (Wildman–Crippen LogP) is 2.81. The number of ether oxygens (including phenoxy) is 3. The number of alkyl carbamates (subject to hydrolysis) is 1. The average Bonchev–Trinajstić information content (AvgIpc) is 2.76. The minimum Gasteiger partial charge on any atom is -0.464 e. The maximum atomic E-state index is 12.1. The van der Waals surface area contributed by atoms with Gasteiger partial charge in [-0.15, -0.1) is 0 Å². The van der Waals surface area contributed by atoms with Crippen molar-refractivity contribution in [3.05, 3.63) is 71.8 Å². The van der Waals surface area contributed by atoms with Crippen LogP contribution in [0.4, 0.5) is 4.79 Å². The molecule has 1 amide bonds. The number of hydrogen-bond acceptors (Lipinski definition) is 6. The zero-order chi connectivity index (χ0) is 20.9. The molecule has 7 nitrogen and oxygen atoms in total. The molecule has 2 aromatic carbocycles. The molecule has 0 bridgehead atoms. The van der Waals surface area contributed by atoms with Crippen molar-refractivity contribution in [1.82, 2.24) is 5.32 Å². The highest BCUT2D eigenvalue weighted by Crippen LogP contribution is 2.06. The van der Waals surface area contributed by atoms with E-state index in [0.717, 1.165) is 11.1 Å². The van der Waals surface area contributed by atoms with Gasteiger partial charge in [-0.2, -0.15) is 0 Å². The molecule has 2 rings (SSSR count). The predicted molar refractivity (Wildman–Crippen MR) is 107 cm³/mol. The highest BCUT2D eigenvalue weighted by molar-refractivity contribution is 5.81. The van der Waals surface area contributed by atoms with E-state index in [1.54, 1.807) is 0 Å². The number of hydrogen-bond donors (Lipinski definition) is 2. The van der Waals surface area contributed by atoms with Gasteiger partial charge in [-0.1, -0.05) is 60.7 Å². The minimum atomic E-state index is -1.18. The topological polar surface area (TPSA) is 94.1 Å². The second-order valence-electron chi connectivity index (χ2n) is 6.50. The van der Waals surface area contributed by atoms with Crippen LogP contribution in [-0.4, -0.2) is 42.5 Å². The molecule has 2 atom stereocenters. The van der Waals surface area contributed by atoms with Gasteiger partial charge in [0.25, 0.3) is 0 Å². The van der Waals surface area contributed by atoms with Gasteiger partial charge in [-0.05, 0) is 18.1 Å². The van der Waals surface area contributed by atoms with Crippen molar-refractivity contribution in [3.8, 4) is 0 Å². The van der Waals surface area contributed by atoms with Crippen LogP contribution < -0.4 is 5.32 Å². The van der Waals surface area contributed by atoms with Crippen LogP contribution in [0.15, 0.2) is 60.7 Å². The molecule has 0 fully saturated rings. The van der Waals surface area contributed by atoms with E-state index < -0.39 is 24.7 Å². The molecule has 0 heterocycles. The number of aliphatic hydroxyl groups is 1. The molecule has 7 heteroatoms. The Hall–Kier alpha value is -2.90. The van der Waals surface area contributed by atoms with Crippen molar-refractivity contribution in [2.24, 2.45) is 0 Å². The van der Waals surface area contributed by atoms with Crippen molar-refractivity contribution in [1.29, 1.82) is 0 Å². The van der Waals surface area contributed by atoms with Crippen LogP contribution in [0.25, 0.3) is 0 Å². The Bertz CT molecular complexity index is 737. The molecule has 2 N–H and O–H groups in total. The van der Waals surface area contributed by atoms with E-state index in [4.69, 9.17) is 14.2 Å². The van der Waals surface area contributed by atoms with Gasteiger partial charge in [-0.3, -0.25) is 0 Å². The van der Waals surface area contributed by atoms with Crippen LogP contribution in [0.2, 0.25) is 0 Å². The van der Waals surface area contributed by atoms with Gasteiger partial charge in [0.05, 0.1) is 25.9 Å². The summed E-state index contributed by atoms with van der Waals surface area (Å²) in [7, 11) is 0. The molecule has 0 saturated heterocycles. The highest BCUT2D eigenvalue weighted by atomic mass is 16.6. The van der Waals surface area contributed by atoms with E-state index in [9.17, 15) is 14.7 Å². The molecule has 0 spiro atoms. The van der Waals surface area contributed by atoms with Crippen molar-refractivity contribution in [2.75, 3.05) is 13.2 Å². The SMILES string of the molecule is C[C@@H](CCOC(=O)[C@H](CO)NC(=O)OCc1ccccc1)OCc1ccccc1. The second-order valence-corrected chi connectivity index (χ2v) is 6.50. The summed E-state index contributed by atoms with van der Waals surface area (Å²) in [6.45, 7) is 1.96. The third kappa shape index (κ3) is 8.76. The molecule has 0 aliphatic carbocycles. The molecule has 156 valence electrons. The van der Waals surface area contributed by atoms with E-state index in [1.807, 2.05) is 67.6 Å². The summed E-state index contributed by atoms with van der Waals surface area (Å²) in [5.74, 6) is -0.723. The lowest BCUT2D eigenvalue weighted by Gasteiger charge is -2.17. The Morgan fingerprint density at radius 1 is 0.931 bits per heavy atom. The lowest BCUT2D eigenvalue weighted by molar-refractivity contribution is -0.148. The van der Waals surface area contributed by atoms with E-state index in [0.29, 0.717) is 13.0 Å². The van der Waals surface area contributed by atoms with Crippen LogP contribution in [-0.2, 0) is 32.2 Å². The summed E-state index contributed by atoms with van der Waals surface area (Å²) in [5, 5.41) is 11.7. The van der Waals surface area contributed by atoms with Gasteiger partial charge in [0, 0.05) is 6.42 Å². The summed E-state index contributed by atoms with van der Waals surface area (Å²) in [5.41, 5.74) is 1.88. The number of esters is 1. The van der Waals surface area contributed by atoms with Crippen molar-refractivity contribution in [3.63, 3.8) is 0 Å². The summed E-state index contributed by atoms with van der Waals surface area (Å²) >= 11 is 0. The molecule has 0 unspecified atom stereocenters. The van der Waals surface area contributed by atoms with Crippen LogP contribution in [0.5, 0.6) is 0 Å². The van der Waals surface area contributed by atoms with Gasteiger partial charge >= 0.3 is 12.1 Å². The third-order valence-corrected chi connectivity index (χ3v) is 4.12. The van der Waals surface area contributed by atoms with E-state index in [1.165, 1.54) is 0 Å². The van der Waals surface area contributed by atoms with Gasteiger partial charge < -0.3 is 24.6 Å². The Morgan fingerprint density at radius 3 is 2.10 bits per heavy atom. The monoisotopic (exact) mass is 401 g/mol. The fourth-order valence-electron chi connectivity index (χ4n) is 2.41. The zero-order valence-electron chi connectivity index (χ0n) is 16.5. The largest absolute Gasteiger partial charge is 0.464 e. The maximum Gasteiger partial charge on any atom is 0.408 e. The first-order valence-electron chi connectivity index (χ1n) is 9.48. The molecule has 2 aromatic rings. The number of amides is 1. The van der Waals surface area contributed by atoms with E-state index >= 15 is 0 Å². The molecule has 0 radical (unpaired) electrons. The first kappa shape index (κ1) is 22.4. The number of aliphatic hydroxyl groups excluding tert-OH is 1. The van der Waals surface area contributed by atoms with E-state index in [-0.39, 0.29) is 19.3 Å². The summed E-state index contributed by atoms with van der Waals surface area (Å²) in [6.07, 6.45) is -0.418. The fourth-order valence-corrected chi connectivity index (χ4v) is 2.41. The van der Waals surface area contributed by atoms with Crippen LogP contribution in [0.3, 0.4) is 0 Å². The van der Waals surface area contributed by atoms with Gasteiger partial charge in [0.15, 0.2) is 6.04 Å². The molecular formula is C22H27NO6.